The summed E-state index contributed by atoms with van der Waals surface area (Å²) in [6.45, 7) is 1.05. The second-order valence-corrected chi connectivity index (χ2v) is 10.5. The van der Waals surface area contributed by atoms with E-state index in [4.69, 9.17) is 4.42 Å². The van der Waals surface area contributed by atoms with Gasteiger partial charge in [-0.05, 0) is 59.7 Å². The van der Waals surface area contributed by atoms with Gasteiger partial charge in [-0.25, -0.2) is 26.7 Å². The Morgan fingerprint density at radius 3 is 2.42 bits per heavy atom. The van der Waals surface area contributed by atoms with Crippen LogP contribution >= 0.6 is 11.3 Å². The van der Waals surface area contributed by atoms with Crippen molar-refractivity contribution in [3.63, 3.8) is 0 Å². The average molecular weight is 490 g/mol. The van der Waals surface area contributed by atoms with Crippen molar-refractivity contribution in [2.24, 2.45) is 0 Å². The number of sulfonamides is 1. The Bertz CT molecular complexity index is 1420. The van der Waals surface area contributed by atoms with Crippen molar-refractivity contribution in [2.75, 3.05) is 6.54 Å². The third-order valence-electron chi connectivity index (χ3n) is 5.17. The lowest BCUT2D eigenvalue weighted by Gasteiger charge is -2.13. The lowest BCUT2D eigenvalue weighted by Crippen LogP contribution is -2.25. The highest BCUT2D eigenvalue weighted by molar-refractivity contribution is 7.89. The van der Waals surface area contributed by atoms with E-state index in [2.05, 4.69) is 4.72 Å². The molecule has 1 N–H and O–H groups in total. The summed E-state index contributed by atoms with van der Waals surface area (Å²) in [6.07, 6.45) is 1.02. The van der Waals surface area contributed by atoms with Gasteiger partial charge in [0.05, 0.1) is 4.90 Å². The quantitative estimate of drug-likeness (QED) is 0.350. The molecule has 0 fully saturated rings. The number of halogens is 2. The highest BCUT2D eigenvalue weighted by Crippen LogP contribution is 2.32. The monoisotopic (exact) mass is 489 g/mol. The first-order valence-electron chi connectivity index (χ1n) is 10.2. The van der Waals surface area contributed by atoms with E-state index in [0.29, 0.717) is 19.4 Å². The molecule has 0 atom stereocenters. The minimum absolute atomic E-state index is 0.0952. The first-order chi connectivity index (χ1) is 15.6. The van der Waals surface area contributed by atoms with E-state index in [1.54, 1.807) is 35.6 Å². The molecule has 5 nitrogen and oxygen atoms in total. The lowest BCUT2D eigenvalue weighted by molar-refractivity contribution is 0.0186. The molecule has 0 spiro atoms. The summed E-state index contributed by atoms with van der Waals surface area (Å²) < 4.78 is 60.7. The van der Waals surface area contributed by atoms with Gasteiger partial charge in [0.25, 0.3) is 5.92 Å². The van der Waals surface area contributed by atoms with Crippen molar-refractivity contribution in [2.45, 2.75) is 30.6 Å². The van der Waals surface area contributed by atoms with E-state index in [0.717, 1.165) is 29.0 Å². The minimum Gasteiger partial charge on any atom is -0.423 e. The van der Waals surface area contributed by atoms with Gasteiger partial charge in [-0.2, -0.15) is 0 Å². The SMILES string of the molecule is CC(F)(F)c1cc(=O)oc2ccc(Cc3ccc(S(=O)(=O)NCCc4cccs4)cc3)cc12. The number of thiophene rings is 1. The number of fused-ring (bicyclic) bond motifs is 1. The molecule has 4 rings (SSSR count). The molecule has 0 aliphatic carbocycles. The number of nitrogens with one attached hydrogen (secondary N) is 1. The van der Waals surface area contributed by atoms with Crippen LogP contribution in [0.1, 0.15) is 28.5 Å². The topological polar surface area (TPSA) is 76.4 Å². The number of hydrogen-bond acceptors (Lipinski definition) is 5. The van der Waals surface area contributed by atoms with Crippen LogP contribution in [0.5, 0.6) is 0 Å². The minimum atomic E-state index is -3.63. The lowest BCUT2D eigenvalue weighted by atomic mass is 9.99. The summed E-state index contributed by atoms with van der Waals surface area (Å²) in [6, 6.07) is 15.9. The van der Waals surface area contributed by atoms with E-state index >= 15 is 0 Å². The van der Waals surface area contributed by atoms with Gasteiger partial charge in [-0.15, -0.1) is 11.3 Å². The van der Waals surface area contributed by atoms with E-state index in [9.17, 15) is 22.0 Å². The Morgan fingerprint density at radius 1 is 1.03 bits per heavy atom. The maximum atomic E-state index is 14.0. The van der Waals surface area contributed by atoms with Crippen LogP contribution in [-0.4, -0.2) is 15.0 Å². The molecule has 0 unspecified atom stereocenters. The standard InChI is InChI=1S/C24H21F2NO4S2/c1-24(25,26)21-15-23(28)31-22-9-6-17(14-20(21)22)13-16-4-7-19(8-5-16)33(29,30)27-11-10-18-3-2-12-32-18/h2-9,12,14-15,27H,10-11,13H2,1H3. The molecule has 2 heterocycles. The maximum Gasteiger partial charge on any atom is 0.336 e. The Labute approximate surface area is 193 Å². The van der Waals surface area contributed by atoms with Crippen molar-refractivity contribution >= 4 is 32.3 Å². The number of benzene rings is 2. The van der Waals surface area contributed by atoms with Crippen molar-refractivity contribution < 1.29 is 21.6 Å². The fourth-order valence-electron chi connectivity index (χ4n) is 3.55. The summed E-state index contributed by atoms with van der Waals surface area (Å²) in [5.41, 5.74) is 0.427. The molecule has 0 amide bonds. The van der Waals surface area contributed by atoms with Gasteiger partial charge < -0.3 is 4.42 Å². The van der Waals surface area contributed by atoms with Crippen molar-refractivity contribution in [1.29, 1.82) is 0 Å². The molecule has 9 heteroatoms. The molecule has 2 aromatic carbocycles. The van der Waals surface area contributed by atoms with E-state index in [1.807, 2.05) is 17.5 Å². The van der Waals surface area contributed by atoms with Crippen LogP contribution in [0, 0.1) is 0 Å². The Kier molecular flexibility index (Phi) is 6.47. The largest absolute Gasteiger partial charge is 0.423 e. The Balaban J connectivity index is 1.50. The van der Waals surface area contributed by atoms with E-state index < -0.39 is 21.6 Å². The van der Waals surface area contributed by atoms with Gasteiger partial charge in [-0.1, -0.05) is 24.3 Å². The van der Waals surface area contributed by atoms with Crippen molar-refractivity contribution in [1.82, 2.24) is 4.72 Å². The molecular formula is C24H21F2NO4S2. The van der Waals surface area contributed by atoms with Gasteiger partial charge in [0.15, 0.2) is 0 Å². The molecule has 2 aromatic heterocycles. The van der Waals surface area contributed by atoms with E-state index in [1.165, 1.54) is 18.2 Å². The van der Waals surface area contributed by atoms with Crippen LogP contribution in [0.4, 0.5) is 8.78 Å². The average Bonchev–Trinajstić information content (AvgIpc) is 3.26. The highest BCUT2D eigenvalue weighted by atomic mass is 32.2. The fourth-order valence-corrected chi connectivity index (χ4v) is 5.29. The molecule has 0 saturated heterocycles. The van der Waals surface area contributed by atoms with Gasteiger partial charge in [-0.3, -0.25) is 0 Å². The third kappa shape index (κ3) is 5.55. The predicted octanol–water partition coefficient (Wildman–Crippen LogP) is 5.08. The zero-order valence-electron chi connectivity index (χ0n) is 17.7. The summed E-state index contributed by atoms with van der Waals surface area (Å²) in [5, 5.41) is 2.12. The van der Waals surface area contributed by atoms with Crippen molar-refractivity contribution in [3.05, 3.63) is 98.0 Å². The van der Waals surface area contributed by atoms with Gasteiger partial charge in [0.1, 0.15) is 5.58 Å². The summed E-state index contributed by atoms with van der Waals surface area (Å²) in [4.78, 5) is 12.9. The number of hydrogen-bond donors (Lipinski definition) is 1. The first kappa shape index (κ1) is 23.3. The molecule has 4 aromatic rings. The van der Waals surface area contributed by atoms with Crippen LogP contribution in [0.25, 0.3) is 11.0 Å². The molecular weight excluding hydrogens is 468 g/mol. The van der Waals surface area contributed by atoms with Crippen molar-refractivity contribution in [3.8, 4) is 0 Å². The maximum absolute atomic E-state index is 14.0. The number of alkyl halides is 2. The van der Waals surface area contributed by atoms with Crippen LogP contribution in [0.15, 0.2) is 80.2 Å². The second kappa shape index (κ2) is 9.17. The molecule has 33 heavy (non-hydrogen) atoms. The summed E-state index contributed by atoms with van der Waals surface area (Å²) in [7, 11) is -3.63. The molecule has 0 bridgehead atoms. The van der Waals surface area contributed by atoms with E-state index in [-0.39, 0.29) is 21.4 Å². The molecule has 0 radical (unpaired) electrons. The van der Waals surface area contributed by atoms with Crippen LogP contribution in [0.3, 0.4) is 0 Å². The second-order valence-electron chi connectivity index (χ2n) is 7.75. The molecule has 0 aliphatic heterocycles. The van der Waals surface area contributed by atoms with Crippen LogP contribution in [0.2, 0.25) is 0 Å². The molecule has 0 aliphatic rings. The summed E-state index contributed by atoms with van der Waals surface area (Å²) in [5.74, 6) is -3.20. The normalized spacial score (nSPS) is 12.3. The van der Waals surface area contributed by atoms with Crippen LogP contribution < -0.4 is 10.3 Å². The van der Waals surface area contributed by atoms with Gasteiger partial charge in [0.2, 0.25) is 10.0 Å². The zero-order chi connectivity index (χ0) is 23.6. The fraction of sp³-hybridized carbons (Fsp3) is 0.208. The Morgan fingerprint density at radius 2 is 1.76 bits per heavy atom. The molecule has 172 valence electrons. The number of rotatable bonds is 8. The molecule has 0 saturated carbocycles. The third-order valence-corrected chi connectivity index (χ3v) is 7.58. The smallest absolute Gasteiger partial charge is 0.336 e. The van der Waals surface area contributed by atoms with Gasteiger partial charge >= 0.3 is 5.63 Å². The van der Waals surface area contributed by atoms with Crippen LogP contribution in [-0.2, 0) is 28.8 Å². The first-order valence-corrected chi connectivity index (χ1v) is 12.5. The predicted molar refractivity (Wildman–Crippen MR) is 125 cm³/mol. The van der Waals surface area contributed by atoms with Gasteiger partial charge in [0, 0.05) is 35.4 Å². The zero-order valence-corrected chi connectivity index (χ0v) is 19.3. The Hall–Kier alpha value is -2.88. The summed E-state index contributed by atoms with van der Waals surface area (Å²) >= 11 is 1.58. The highest BCUT2D eigenvalue weighted by Gasteiger charge is 2.28.